The summed E-state index contributed by atoms with van der Waals surface area (Å²) in [6.07, 6.45) is 1.64. The number of benzene rings is 1. The van der Waals surface area contributed by atoms with Crippen molar-refractivity contribution < 1.29 is 14.0 Å². The van der Waals surface area contributed by atoms with Crippen molar-refractivity contribution in [2.24, 2.45) is 5.92 Å². The van der Waals surface area contributed by atoms with Gasteiger partial charge in [0, 0.05) is 22.7 Å². The Morgan fingerprint density at radius 1 is 1.24 bits per heavy atom. The lowest BCUT2D eigenvalue weighted by atomic mass is 10.1. The minimum atomic E-state index is -0.249. The van der Waals surface area contributed by atoms with Gasteiger partial charge in [0.2, 0.25) is 0 Å². The number of furan rings is 1. The van der Waals surface area contributed by atoms with Crippen LogP contribution in [0.25, 0.3) is 17.4 Å². The number of rotatable bonds is 4. The first kappa shape index (κ1) is 18.0. The summed E-state index contributed by atoms with van der Waals surface area (Å²) in [6.45, 7) is 6.41. The molecule has 0 bridgehead atoms. The predicted molar refractivity (Wildman–Crippen MR) is 104 cm³/mol. The van der Waals surface area contributed by atoms with E-state index in [1.54, 1.807) is 6.08 Å². The van der Waals surface area contributed by atoms with Crippen LogP contribution in [0.4, 0.5) is 4.79 Å². The molecule has 0 saturated carbocycles. The zero-order valence-electron chi connectivity index (χ0n) is 14.2. The van der Waals surface area contributed by atoms with Gasteiger partial charge in [0.1, 0.15) is 11.5 Å². The van der Waals surface area contributed by atoms with Crippen molar-refractivity contribution in [1.29, 1.82) is 0 Å². The molecular formula is C19H18BrNO3S. The lowest BCUT2D eigenvalue weighted by molar-refractivity contribution is -0.123. The van der Waals surface area contributed by atoms with Gasteiger partial charge in [-0.2, -0.15) is 0 Å². The number of thioether (sulfide) groups is 1. The first-order valence-corrected chi connectivity index (χ1v) is 9.58. The first-order valence-electron chi connectivity index (χ1n) is 7.97. The van der Waals surface area contributed by atoms with E-state index in [1.807, 2.05) is 51.1 Å². The van der Waals surface area contributed by atoms with Gasteiger partial charge in [-0.3, -0.25) is 14.5 Å². The number of hydrogen-bond donors (Lipinski definition) is 0. The fourth-order valence-corrected chi connectivity index (χ4v) is 3.61. The van der Waals surface area contributed by atoms with Crippen LogP contribution in [0.1, 0.15) is 25.2 Å². The molecule has 0 unspecified atom stereocenters. The van der Waals surface area contributed by atoms with Gasteiger partial charge in [-0.25, -0.2) is 0 Å². The maximum atomic E-state index is 12.4. The van der Waals surface area contributed by atoms with E-state index in [0.717, 1.165) is 33.1 Å². The zero-order valence-corrected chi connectivity index (χ0v) is 16.6. The van der Waals surface area contributed by atoms with Crippen LogP contribution in [0.5, 0.6) is 0 Å². The van der Waals surface area contributed by atoms with Gasteiger partial charge < -0.3 is 4.42 Å². The third kappa shape index (κ3) is 3.90. The van der Waals surface area contributed by atoms with Crippen LogP contribution in [0, 0.1) is 12.8 Å². The Labute approximate surface area is 159 Å². The van der Waals surface area contributed by atoms with Crippen molar-refractivity contribution in [2.45, 2.75) is 20.8 Å². The van der Waals surface area contributed by atoms with Crippen molar-refractivity contribution in [2.75, 3.05) is 6.54 Å². The molecular weight excluding hydrogens is 402 g/mol. The minimum absolute atomic E-state index is 0.222. The third-order valence-corrected chi connectivity index (χ3v) is 5.56. The molecule has 1 aromatic heterocycles. The number of hydrogen-bond acceptors (Lipinski definition) is 4. The largest absolute Gasteiger partial charge is 0.457 e. The van der Waals surface area contributed by atoms with E-state index in [1.165, 1.54) is 4.90 Å². The molecule has 1 aliphatic heterocycles. The normalized spacial score (nSPS) is 16.5. The molecule has 2 heterocycles. The standard InChI is InChI=1S/C19H18BrNO3S/c1-11(2)10-21-18(22)17(25-19(21)23)9-14-5-7-16(24-14)13-4-6-15(20)12(3)8-13/h4-9,11H,10H2,1-3H3/b17-9-. The van der Waals surface area contributed by atoms with E-state index in [-0.39, 0.29) is 17.1 Å². The van der Waals surface area contributed by atoms with Crippen LogP contribution in [-0.2, 0) is 4.79 Å². The van der Waals surface area contributed by atoms with Crippen molar-refractivity contribution in [3.05, 3.63) is 51.0 Å². The number of carbonyl (C=O) groups is 2. The van der Waals surface area contributed by atoms with Gasteiger partial charge >= 0.3 is 0 Å². The van der Waals surface area contributed by atoms with Gasteiger partial charge in [-0.15, -0.1) is 0 Å². The molecule has 2 aromatic rings. The summed E-state index contributed by atoms with van der Waals surface area (Å²) < 4.78 is 6.88. The van der Waals surface area contributed by atoms with Gasteiger partial charge in [0.05, 0.1) is 4.91 Å². The maximum Gasteiger partial charge on any atom is 0.293 e. The average molecular weight is 420 g/mol. The second-order valence-corrected chi connectivity index (χ2v) is 8.20. The molecule has 3 rings (SSSR count). The van der Waals surface area contributed by atoms with Crippen LogP contribution < -0.4 is 0 Å². The molecule has 6 heteroatoms. The summed E-state index contributed by atoms with van der Waals surface area (Å²) in [6, 6.07) is 9.65. The molecule has 0 radical (unpaired) electrons. The van der Waals surface area contributed by atoms with Crippen LogP contribution in [0.15, 0.2) is 44.1 Å². The number of nitrogens with zero attached hydrogens (tertiary/aromatic N) is 1. The van der Waals surface area contributed by atoms with Crippen molar-refractivity contribution >= 4 is 44.9 Å². The Hall–Kier alpha value is -1.79. The van der Waals surface area contributed by atoms with E-state index in [4.69, 9.17) is 4.42 Å². The molecule has 130 valence electrons. The molecule has 1 aromatic carbocycles. The molecule has 1 fully saturated rings. The maximum absolute atomic E-state index is 12.4. The summed E-state index contributed by atoms with van der Waals surface area (Å²) in [7, 11) is 0. The molecule has 2 amide bonds. The highest BCUT2D eigenvalue weighted by atomic mass is 79.9. The molecule has 0 atom stereocenters. The predicted octanol–water partition coefficient (Wildman–Crippen LogP) is 5.71. The number of halogens is 1. The highest BCUT2D eigenvalue weighted by Gasteiger charge is 2.35. The van der Waals surface area contributed by atoms with Gasteiger partial charge in [0.15, 0.2) is 0 Å². The van der Waals surface area contributed by atoms with Crippen molar-refractivity contribution in [1.82, 2.24) is 4.90 Å². The van der Waals surface area contributed by atoms with E-state index in [2.05, 4.69) is 15.9 Å². The monoisotopic (exact) mass is 419 g/mol. The number of imide groups is 1. The highest BCUT2D eigenvalue weighted by molar-refractivity contribution is 9.10. The minimum Gasteiger partial charge on any atom is -0.457 e. The Bertz CT molecular complexity index is 869. The second kappa shape index (κ2) is 7.22. The summed E-state index contributed by atoms with van der Waals surface area (Å²) in [5, 5.41) is -0.222. The molecule has 0 N–H and O–H groups in total. The second-order valence-electron chi connectivity index (χ2n) is 6.35. The molecule has 0 aliphatic carbocycles. The van der Waals surface area contributed by atoms with Gasteiger partial charge in [-0.1, -0.05) is 35.8 Å². The lowest BCUT2D eigenvalue weighted by Crippen LogP contribution is -2.31. The summed E-state index contributed by atoms with van der Waals surface area (Å²) in [5.74, 6) is 1.28. The Morgan fingerprint density at radius 3 is 2.68 bits per heavy atom. The highest BCUT2D eigenvalue weighted by Crippen LogP contribution is 2.34. The molecule has 1 aliphatic rings. The zero-order chi connectivity index (χ0) is 18.1. The smallest absolute Gasteiger partial charge is 0.293 e. The molecule has 25 heavy (non-hydrogen) atoms. The lowest BCUT2D eigenvalue weighted by Gasteiger charge is -2.14. The van der Waals surface area contributed by atoms with E-state index in [9.17, 15) is 9.59 Å². The Kier molecular flexibility index (Phi) is 5.20. The number of carbonyl (C=O) groups excluding carboxylic acids is 2. The van der Waals surface area contributed by atoms with Gasteiger partial charge in [-0.05, 0) is 54.4 Å². The van der Waals surface area contributed by atoms with Crippen molar-refractivity contribution in [3.8, 4) is 11.3 Å². The fourth-order valence-electron chi connectivity index (χ4n) is 2.54. The van der Waals surface area contributed by atoms with Crippen LogP contribution >= 0.6 is 27.7 Å². The van der Waals surface area contributed by atoms with E-state index >= 15 is 0 Å². The quantitative estimate of drug-likeness (QED) is 0.595. The topological polar surface area (TPSA) is 50.5 Å². The van der Waals surface area contributed by atoms with Crippen LogP contribution in [0.2, 0.25) is 0 Å². The number of aryl methyl sites for hydroxylation is 1. The molecule has 4 nitrogen and oxygen atoms in total. The SMILES string of the molecule is Cc1cc(-c2ccc(/C=C3\SC(=O)N(CC(C)C)C3=O)o2)ccc1Br. The van der Waals surface area contributed by atoms with Gasteiger partial charge in [0.25, 0.3) is 11.1 Å². The third-order valence-electron chi connectivity index (χ3n) is 3.76. The summed E-state index contributed by atoms with van der Waals surface area (Å²) in [5.41, 5.74) is 2.08. The molecule has 0 spiro atoms. The average Bonchev–Trinajstić information content (AvgIpc) is 3.11. The van der Waals surface area contributed by atoms with E-state index < -0.39 is 0 Å². The number of amides is 2. The van der Waals surface area contributed by atoms with Crippen LogP contribution in [-0.4, -0.2) is 22.6 Å². The first-order chi connectivity index (χ1) is 11.8. The summed E-state index contributed by atoms with van der Waals surface area (Å²) in [4.78, 5) is 26.1. The van der Waals surface area contributed by atoms with Crippen molar-refractivity contribution in [3.63, 3.8) is 0 Å². The fraction of sp³-hybridized carbons (Fsp3) is 0.263. The van der Waals surface area contributed by atoms with E-state index in [0.29, 0.717) is 17.2 Å². The summed E-state index contributed by atoms with van der Waals surface area (Å²) >= 11 is 4.44. The molecule has 1 saturated heterocycles. The van der Waals surface area contributed by atoms with Crippen LogP contribution in [0.3, 0.4) is 0 Å². The Morgan fingerprint density at radius 2 is 2.00 bits per heavy atom. The Balaban J connectivity index is 1.83.